The quantitative estimate of drug-likeness (QED) is 0.763. The maximum Gasteiger partial charge on any atom is 0.417 e. The highest BCUT2D eigenvalue weighted by atomic mass is 32.2. The van der Waals surface area contributed by atoms with Crippen molar-refractivity contribution in [3.8, 4) is 0 Å². The number of aromatic nitrogens is 2. The second-order valence-corrected chi connectivity index (χ2v) is 5.76. The predicted octanol–water partition coefficient (Wildman–Crippen LogP) is 3.83. The number of aromatic amines is 1. The van der Waals surface area contributed by atoms with Crippen molar-refractivity contribution in [2.45, 2.75) is 16.0 Å². The molecule has 2 aromatic heterocycles. The molecule has 0 aliphatic heterocycles. The van der Waals surface area contributed by atoms with Crippen LogP contribution in [0.2, 0.25) is 0 Å². The van der Waals surface area contributed by atoms with Crippen molar-refractivity contribution in [3.05, 3.63) is 54.0 Å². The number of primary amides is 1. The van der Waals surface area contributed by atoms with Crippen LogP contribution in [0.5, 0.6) is 0 Å². The number of halogens is 3. The topological polar surface area (TPSA) is 71.8 Å². The van der Waals surface area contributed by atoms with Gasteiger partial charge in [0.1, 0.15) is 5.69 Å². The third-order valence-corrected chi connectivity index (χ3v) is 4.41. The average molecular weight is 337 g/mol. The molecule has 3 rings (SSSR count). The van der Waals surface area contributed by atoms with Gasteiger partial charge in [-0.15, -0.1) is 0 Å². The first-order valence-electron chi connectivity index (χ1n) is 6.47. The van der Waals surface area contributed by atoms with Gasteiger partial charge in [-0.1, -0.05) is 23.9 Å². The number of pyridine rings is 1. The SMILES string of the molecule is NC(=O)c1[nH]c2cnccc2c1Sc1ccccc1C(F)(F)F. The number of fused-ring (bicyclic) bond motifs is 1. The molecule has 2 heterocycles. The monoisotopic (exact) mass is 337 g/mol. The first-order valence-corrected chi connectivity index (χ1v) is 7.29. The Morgan fingerprint density at radius 2 is 1.96 bits per heavy atom. The molecule has 1 amide bonds. The van der Waals surface area contributed by atoms with Gasteiger partial charge in [0, 0.05) is 16.5 Å². The van der Waals surface area contributed by atoms with Crippen molar-refractivity contribution in [3.63, 3.8) is 0 Å². The van der Waals surface area contributed by atoms with Gasteiger partial charge in [0.25, 0.3) is 5.91 Å². The third-order valence-electron chi connectivity index (χ3n) is 3.20. The van der Waals surface area contributed by atoms with E-state index in [4.69, 9.17) is 5.73 Å². The standard InChI is InChI=1S/C15H10F3N3OS/c16-15(17,18)9-3-1-2-4-11(9)23-13-8-5-6-20-7-10(8)21-12(13)14(19)22/h1-7,21H,(H2,19,22). The minimum absolute atomic E-state index is 0.000197. The molecule has 1 aromatic carbocycles. The van der Waals surface area contributed by atoms with Crippen molar-refractivity contribution in [1.29, 1.82) is 0 Å². The number of amides is 1. The molecular formula is C15H10F3N3OS. The molecule has 4 nitrogen and oxygen atoms in total. The molecule has 0 saturated carbocycles. The van der Waals surface area contributed by atoms with E-state index in [1.807, 2.05) is 0 Å². The van der Waals surface area contributed by atoms with E-state index in [0.717, 1.165) is 17.8 Å². The number of nitrogens with zero attached hydrogens (tertiary/aromatic N) is 1. The number of hydrogen-bond donors (Lipinski definition) is 2. The molecule has 0 spiro atoms. The minimum Gasteiger partial charge on any atom is -0.364 e. The Balaban J connectivity index is 2.16. The zero-order valence-electron chi connectivity index (χ0n) is 11.5. The van der Waals surface area contributed by atoms with E-state index in [-0.39, 0.29) is 10.6 Å². The Morgan fingerprint density at radius 3 is 2.65 bits per heavy atom. The van der Waals surface area contributed by atoms with E-state index in [9.17, 15) is 18.0 Å². The number of nitrogens with one attached hydrogen (secondary N) is 1. The third kappa shape index (κ3) is 2.89. The number of carbonyl (C=O) groups is 1. The van der Waals surface area contributed by atoms with Gasteiger partial charge in [-0.05, 0) is 18.2 Å². The molecule has 0 aliphatic rings. The van der Waals surface area contributed by atoms with Crippen LogP contribution in [-0.4, -0.2) is 15.9 Å². The summed E-state index contributed by atoms with van der Waals surface area (Å²) in [6.45, 7) is 0. The number of nitrogens with two attached hydrogens (primary N) is 1. The molecule has 8 heteroatoms. The molecular weight excluding hydrogens is 327 g/mol. The van der Waals surface area contributed by atoms with Crippen LogP contribution in [0.15, 0.2) is 52.5 Å². The summed E-state index contributed by atoms with van der Waals surface area (Å²) in [7, 11) is 0. The van der Waals surface area contributed by atoms with Crippen LogP contribution < -0.4 is 5.73 Å². The van der Waals surface area contributed by atoms with Crippen molar-refractivity contribution < 1.29 is 18.0 Å². The second kappa shape index (κ2) is 5.62. The van der Waals surface area contributed by atoms with Crippen LogP contribution in [0, 0.1) is 0 Å². The molecule has 0 radical (unpaired) electrons. The number of alkyl halides is 3. The first-order chi connectivity index (χ1) is 10.9. The zero-order valence-corrected chi connectivity index (χ0v) is 12.3. The van der Waals surface area contributed by atoms with Gasteiger partial charge >= 0.3 is 6.18 Å². The highest BCUT2D eigenvalue weighted by Crippen LogP contribution is 2.42. The lowest BCUT2D eigenvalue weighted by Gasteiger charge is -2.12. The molecule has 23 heavy (non-hydrogen) atoms. The Hall–Kier alpha value is -2.48. The zero-order chi connectivity index (χ0) is 16.6. The van der Waals surface area contributed by atoms with Gasteiger partial charge in [0.2, 0.25) is 0 Å². The van der Waals surface area contributed by atoms with Crippen molar-refractivity contribution >= 4 is 28.6 Å². The van der Waals surface area contributed by atoms with E-state index in [1.54, 1.807) is 6.07 Å². The lowest BCUT2D eigenvalue weighted by Crippen LogP contribution is -2.12. The lowest BCUT2D eigenvalue weighted by molar-refractivity contribution is -0.139. The van der Waals surface area contributed by atoms with Crippen molar-refractivity contribution in [1.82, 2.24) is 9.97 Å². The van der Waals surface area contributed by atoms with E-state index in [0.29, 0.717) is 15.8 Å². The fraction of sp³-hybridized carbons (Fsp3) is 0.0667. The van der Waals surface area contributed by atoms with Crippen LogP contribution in [0.4, 0.5) is 13.2 Å². The second-order valence-electron chi connectivity index (χ2n) is 4.71. The maximum absolute atomic E-state index is 13.1. The molecule has 0 unspecified atom stereocenters. The highest BCUT2D eigenvalue weighted by molar-refractivity contribution is 7.99. The molecule has 3 aromatic rings. The van der Waals surface area contributed by atoms with Gasteiger partial charge in [0.05, 0.1) is 22.2 Å². The molecule has 0 atom stereocenters. The molecule has 118 valence electrons. The Labute approximate surface area is 132 Å². The largest absolute Gasteiger partial charge is 0.417 e. The summed E-state index contributed by atoms with van der Waals surface area (Å²) in [4.78, 5) is 18.7. The summed E-state index contributed by atoms with van der Waals surface area (Å²) in [5.74, 6) is -0.742. The maximum atomic E-state index is 13.1. The van der Waals surface area contributed by atoms with Crippen LogP contribution in [0.25, 0.3) is 10.9 Å². The van der Waals surface area contributed by atoms with Gasteiger partial charge in [-0.25, -0.2) is 0 Å². The Morgan fingerprint density at radius 1 is 1.22 bits per heavy atom. The molecule has 0 saturated heterocycles. The summed E-state index contributed by atoms with van der Waals surface area (Å²) < 4.78 is 39.4. The average Bonchev–Trinajstić information content (AvgIpc) is 2.86. The Kier molecular flexibility index (Phi) is 3.77. The van der Waals surface area contributed by atoms with Crippen molar-refractivity contribution in [2.24, 2.45) is 5.73 Å². The summed E-state index contributed by atoms with van der Waals surface area (Å²) in [6, 6.07) is 6.82. The Bertz CT molecular complexity index is 889. The molecule has 0 fully saturated rings. The van der Waals surface area contributed by atoms with Gasteiger partial charge < -0.3 is 10.7 Å². The highest BCUT2D eigenvalue weighted by Gasteiger charge is 2.33. The predicted molar refractivity (Wildman–Crippen MR) is 80.2 cm³/mol. The van der Waals surface area contributed by atoms with E-state index in [1.165, 1.54) is 30.6 Å². The summed E-state index contributed by atoms with van der Waals surface area (Å²) in [5, 5.41) is 0.593. The van der Waals surface area contributed by atoms with E-state index in [2.05, 4.69) is 9.97 Å². The number of benzene rings is 1. The number of hydrogen-bond acceptors (Lipinski definition) is 3. The molecule has 3 N–H and O–H groups in total. The van der Waals surface area contributed by atoms with Crippen LogP contribution in [0.3, 0.4) is 0 Å². The fourth-order valence-corrected chi connectivity index (χ4v) is 3.40. The lowest BCUT2D eigenvalue weighted by atomic mass is 10.2. The van der Waals surface area contributed by atoms with Crippen LogP contribution in [-0.2, 0) is 6.18 Å². The summed E-state index contributed by atoms with van der Waals surface area (Å²) >= 11 is 0.852. The molecule has 0 aliphatic carbocycles. The van der Waals surface area contributed by atoms with Gasteiger partial charge in [-0.3, -0.25) is 9.78 Å². The first kappa shape index (κ1) is 15.4. The molecule has 0 bridgehead atoms. The fourth-order valence-electron chi connectivity index (χ4n) is 2.20. The number of rotatable bonds is 3. The number of carbonyl (C=O) groups excluding carboxylic acids is 1. The summed E-state index contributed by atoms with van der Waals surface area (Å²) in [5.41, 5.74) is 5.17. The van der Waals surface area contributed by atoms with Crippen molar-refractivity contribution in [2.75, 3.05) is 0 Å². The smallest absolute Gasteiger partial charge is 0.364 e. The van der Waals surface area contributed by atoms with E-state index >= 15 is 0 Å². The van der Waals surface area contributed by atoms with Gasteiger partial charge in [0.15, 0.2) is 0 Å². The minimum atomic E-state index is -4.48. The summed E-state index contributed by atoms with van der Waals surface area (Å²) in [6.07, 6.45) is -1.49. The van der Waals surface area contributed by atoms with E-state index < -0.39 is 17.6 Å². The normalized spacial score (nSPS) is 11.8. The van der Waals surface area contributed by atoms with Crippen LogP contribution >= 0.6 is 11.8 Å². The van der Waals surface area contributed by atoms with Gasteiger partial charge in [-0.2, -0.15) is 13.2 Å². The number of H-pyrrole nitrogens is 1. The van der Waals surface area contributed by atoms with Crippen LogP contribution in [0.1, 0.15) is 16.1 Å².